The molecule has 54 valence electrons. The van der Waals surface area contributed by atoms with E-state index in [1.165, 1.54) is 6.92 Å². The third kappa shape index (κ3) is 1.56. The van der Waals surface area contributed by atoms with Crippen LogP contribution in [0.5, 0.6) is 0 Å². The predicted molar refractivity (Wildman–Crippen MR) is 38.2 cm³/mol. The molecular weight excluding hydrogens is 128 g/mol. The van der Waals surface area contributed by atoms with Gasteiger partial charge in [-0.2, -0.15) is 0 Å². The van der Waals surface area contributed by atoms with Crippen LogP contribution in [0.25, 0.3) is 0 Å². The van der Waals surface area contributed by atoms with Gasteiger partial charge in [0.15, 0.2) is 5.79 Å². The predicted octanol–water partition coefficient (Wildman–Crippen LogP) is 0.844. The van der Waals surface area contributed by atoms with Crippen LogP contribution >= 0.6 is 0 Å². The van der Waals surface area contributed by atoms with Crippen LogP contribution in [0.4, 0.5) is 0 Å². The molecule has 0 saturated carbocycles. The van der Waals surface area contributed by atoms with E-state index >= 15 is 0 Å². The Bertz CT molecular complexity index is 198. The van der Waals surface area contributed by atoms with Gasteiger partial charge in [-0.15, -0.1) is 0 Å². The van der Waals surface area contributed by atoms with E-state index in [1.807, 2.05) is 6.07 Å². The van der Waals surface area contributed by atoms with E-state index in [4.69, 9.17) is 10.2 Å². The summed E-state index contributed by atoms with van der Waals surface area (Å²) in [6, 6.07) is 8.69. The maximum Gasteiger partial charge on any atom is 0.186 e. The molecule has 0 bridgehead atoms. The molecule has 0 unspecified atom stereocenters. The quantitative estimate of drug-likeness (QED) is 0.565. The van der Waals surface area contributed by atoms with Crippen molar-refractivity contribution >= 4 is 0 Å². The van der Waals surface area contributed by atoms with E-state index < -0.39 is 5.79 Å². The van der Waals surface area contributed by atoms with Gasteiger partial charge in [-0.1, -0.05) is 30.3 Å². The Balaban J connectivity index is 2.97. The first-order chi connectivity index (χ1) is 4.61. The van der Waals surface area contributed by atoms with Crippen LogP contribution in [0.3, 0.4) is 0 Å². The van der Waals surface area contributed by atoms with Crippen molar-refractivity contribution in [3.63, 3.8) is 0 Å². The fraction of sp³-hybridized carbons (Fsp3) is 0.250. The molecule has 2 heteroatoms. The molecule has 1 aromatic rings. The van der Waals surface area contributed by atoms with Crippen molar-refractivity contribution in [1.29, 1.82) is 0 Å². The number of hydrogen-bond donors (Lipinski definition) is 2. The lowest BCUT2D eigenvalue weighted by molar-refractivity contribution is -0.152. The number of benzene rings is 1. The third-order valence-corrected chi connectivity index (χ3v) is 1.32. The van der Waals surface area contributed by atoms with E-state index in [0.717, 1.165) is 0 Å². The van der Waals surface area contributed by atoms with Crippen LogP contribution in [0.1, 0.15) is 12.5 Å². The van der Waals surface area contributed by atoms with Gasteiger partial charge in [0.1, 0.15) is 0 Å². The summed E-state index contributed by atoms with van der Waals surface area (Å²) in [7, 11) is 0. The third-order valence-electron chi connectivity index (χ3n) is 1.32. The number of aliphatic hydroxyl groups is 2. The average Bonchev–Trinajstić information content (AvgIpc) is 1.88. The molecule has 0 saturated heterocycles. The number of rotatable bonds is 1. The molecular formula is C8H10O2. The molecule has 0 heterocycles. The molecule has 0 aliphatic heterocycles. The first-order valence-corrected chi connectivity index (χ1v) is 3.11. The summed E-state index contributed by atoms with van der Waals surface area (Å²) >= 11 is 0. The Kier molecular flexibility index (Phi) is 1.74. The van der Waals surface area contributed by atoms with Gasteiger partial charge in [-0.05, 0) is 6.92 Å². The van der Waals surface area contributed by atoms with E-state index in [1.54, 1.807) is 24.3 Å². The lowest BCUT2D eigenvalue weighted by Gasteiger charge is -2.15. The summed E-state index contributed by atoms with van der Waals surface area (Å²) in [6.45, 7) is 1.34. The molecule has 10 heavy (non-hydrogen) atoms. The van der Waals surface area contributed by atoms with Crippen molar-refractivity contribution in [2.24, 2.45) is 0 Å². The van der Waals surface area contributed by atoms with Crippen LogP contribution in [0.15, 0.2) is 30.3 Å². The Morgan fingerprint density at radius 3 is 1.90 bits per heavy atom. The zero-order valence-corrected chi connectivity index (χ0v) is 5.78. The normalized spacial score (nSPS) is 11.5. The van der Waals surface area contributed by atoms with Crippen LogP contribution in [0.2, 0.25) is 0 Å². The zero-order valence-electron chi connectivity index (χ0n) is 5.78. The largest absolute Gasteiger partial charge is 0.362 e. The second kappa shape index (κ2) is 2.40. The summed E-state index contributed by atoms with van der Waals surface area (Å²) in [5.74, 6) is -1.71. The fourth-order valence-electron chi connectivity index (χ4n) is 0.754. The maximum absolute atomic E-state index is 9.04. The minimum absolute atomic E-state index is 0.509. The van der Waals surface area contributed by atoms with Gasteiger partial charge in [-0.3, -0.25) is 0 Å². The molecule has 1 aromatic carbocycles. The van der Waals surface area contributed by atoms with Crippen LogP contribution in [-0.4, -0.2) is 10.2 Å². The van der Waals surface area contributed by atoms with Crippen molar-refractivity contribution in [1.82, 2.24) is 0 Å². The van der Waals surface area contributed by atoms with Gasteiger partial charge in [-0.25, -0.2) is 0 Å². The van der Waals surface area contributed by atoms with Gasteiger partial charge in [0.05, 0.1) is 0 Å². The van der Waals surface area contributed by atoms with E-state index in [-0.39, 0.29) is 0 Å². The van der Waals surface area contributed by atoms with Gasteiger partial charge < -0.3 is 10.2 Å². The molecule has 0 spiro atoms. The minimum atomic E-state index is -1.71. The molecule has 2 N–H and O–H groups in total. The van der Waals surface area contributed by atoms with E-state index in [0.29, 0.717) is 5.56 Å². The first-order valence-electron chi connectivity index (χ1n) is 3.11. The summed E-state index contributed by atoms with van der Waals surface area (Å²) in [5.41, 5.74) is 0.509. The van der Waals surface area contributed by atoms with Gasteiger partial charge in [0.2, 0.25) is 0 Å². The highest BCUT2D eigenvalue weighted by Gasteiger charge is 2.16. The maximum atomic E-state index is 9.04. The molecule has 0 fully saturated rings. The second-order valence-electron chi connectivity index (χ2n) is 2.39. The van der Waals surface area contributed by atoms with E-state index in [2.05, 4.69) is 0 Å². The molecule has 2 nitrogen and oxygen atoms in total. The standard InChI is InChI=1S/C8H10O2/c1-8(9,10)7-5-3-2-4-6-7/h2-6,9-10H,1H3. The minimum Gasteiger partial charge on any atom is -0.362 e. The summed E-state index contributed by atoms with van der Waals surface area (Å²) in [6.07, 6.45) is 0. The van der Waals surface area contributed by atoms with E-state index in [9.17, 15) is 0 Å². The van der Waals surface area contributed by atoms with Crippen molar-refractivity contribution < 1.29 is 10.2 Å². The fourth-order valence-corrected chi connectivity index (χ4v) is 0.754. The average molecular weight is 138 g/mol. The summed E-state index contributed by atoms with van der Waals surface area (Å²) in [5, 5.41) is 18.1. The highest BCUT2D eigenvalue weighted by Crippen LogP contribution is 2.14. The van der Waals surface area contributed by atoms with Crippen molar-refractivity contribution in [3.8, 4) is 0 Å². The Morgan fingerprint density at radius 1 is 1.10 bits per heavy atom. The Morgan fingerprint density at radius 2 is 1.60 bits per heavy atom. The highest BCUT2D eigenvalue weighted by atomic mass is 16.5. The lowest BCUT2D eigenvalue weighted by atomic mass is 10.1. The Labute approximate surface area is 59.7 Å². The second-order valence-corrected chi connectivity index (χ2v) is 2.39. The summed E-state index contributed by atoms with van der Waals surface area (Å²) in [4.78, 5) is 0. The monoisotopic (exact) mass is 138 g/mol. The van der Waals surface area contributed by atoms with Crippen molar-refractivity contribution in [3.05, 3.63) is 35.9 Å². The van der Waals surface area contributed by atoms with Gasteiger partial charge in [0, 0.05) is 5.56 Å². The van der Waals surface area contributed by atoms with Crippen molar-refractivity contribution in [2.75, 3.05) is 0 Å². The van der Waals surface area contributed by atoms with Crippen LogP contribution in [-0.2, 0) is 5.79 Å². The molecule has 0 amide bonds. The number of hydrogen-bond acceptors (Lipinski definition) is 2. The molecule has 1 rings (SSSR count). The SMILES string of the molecule is CC(O)(O)c1ccccc1. The highest BCUT2D eigenvalue weighted by molar-refractivity contribution is 5.18. The zero-order chi connectivity index (χ0) is 7.61. The van der Waals surface area contributed by atoms with Crippen LogP contribution < -0.4 is 0 Å². The van der Waals surface area contributed by atoms with Crippen LogP contribution in [0, 0.1) is 0 Å². The molecule has 0 aromatic heterocycles. The summed E-state index contributed by atoms with van der Waals surface area (Å²) < 4.78 is 0. The topological polar surface area (TPSA) is 40.5 Å². The van der Waals surface area contributed by atoms with Crippen molar-refractivity contribution in [2.45, 2.75) is 12.7 Å². The lowest BCUT2D eigenvalue weighted by Crippen LogP contribution is -2.19. The molecule has 0 aliphatic carbocycles. The molecule has 0 radical (unpaired) electrons. The molecule has 0 atom stereocenters. The first kappa shape index (κ1) is 7.25. The van der Waals surface area contributed by atoms with Gasteiger partial charge in [0.25, 0.3) is 0 Å². The van der Waals surface area contributed by atoms with Gasteiger partial charge >= 0.3 is 0 Å². The Hall–Kier alpha value is -0.860. The molecule has 0 aliphatic rings. The smallest absolute Gasteiger partial charge is 0.186 e.